The molecule has 2 aromatic rings. The molecule has 0 spiro atoms. The molecule has 0 amide bonds. The Hall–Kier alpha value is -1.76. The molecule has 0 bridgehead atoms. The Balaban J connectivity index is 2.05. The van der Waals surface area contributed by atoms with Crippen molar-refractivity contribution in [2.75, 3.05) is 5.75 Å². The highest BCUT2D eigenvalue weighted by Crippen LogP contribution is 2.17. The van der Waals surface area contributed by atoms with E-state index in [4.69, 9.17) is 10.9 Å². The van der Waals surface area contributed by atoms with E-state index in [1.54, 1.807) is 0 Å². The van der Waals surface area contributed by atoms with Gasteiger partial charge in [-0.25, -0.2) is 0 Å². The standard InChI is InChI=1S/C9H11N5OS/c10-7(13-15)4-6-16-9-12-11-8-3-1-2-5-14(8)9/h1-3,5,15H,4,6H2,(H2,10,13). The van der Waals surface area contributed by atoms with Crippen molar-refractivity contribution in [3.8, 4) is 0 Å². The third kappa shape index (κ3) is 2.25. The van der Waals surface area contributed by atoms with E-state index in [1.807, 2.05) is 28.8 Å². The Kier molecular flexibility index (Phi) is 3.25. The molecule has 2 rings (SSSR count). The van der Waals surface area contributed by atoms with Crippen LogP contribution in [0.25, 0.3) is 5.65 Å². The number of fused-ring (bicyclic) bond motifs is 1. The number of rotatable bonds is 4. The second-order valence-electron chi connectivity index (χ2n) is 3.10. The molecule has 0 atom stereocenters. The topological polar surface area (TPSA) is 88.8 Å². The van der Waals surface area contributed by atoms with Gasteiger partial charge in [-0.1, -0.05) is 23.0 Å². The van der Waals surface area contributed by atoms with E-state index in [2.05, 4.69) is 15.4 Å². The molecule has 16 heavy (non-hydrogen) atoms. The number of aromatic nitrogens is 3. The zero-order chi connectivity index (χ0) is 11.4. The number of thioether (sulfide) groups is 1. The van der Waals surface area contributed by atoms with Gasteiger partial charge < -0.3 is 10.9 Å². The Morgan fingerprint density at radius 2 is 2.38 bits per heavy atom. The lowest BCUT2D eigenvalue weighted by atomic mass is 10.5. The zero-order valence-electron chi connectivity index (χ0n) is 8.45. The summed E-state index contributed by atoms with van der Waals surface area (Å²) in [4.78, 5) is 0. The predicted molar refractivity (Wildman–Crippen MR) is 61.7 cm³/mol. The SMILES string of the molecule is NC(CCSc1nnc2ccccn12)=NO. The van der Waals surface area contributed by atoms with Crippen molar-refractivity contribution in [1.82, 2.24) is 14.6 Å². The van der Waals surface area contributed by atoms with Crippen LogP contribution in [-0.2, 0) is 0 Å². The molecule has 2 aromatic heterocycles. The Morgan fingerprint density at radius 3 is 3.19 bits per heavy atom. The molecule has 0 fully saturated rings. The van der Waals surface area contributed by atoms with Gasteiger partial charge in [0.2, 0.25) is 0 Å². The maximum Gasteiger partial charge on any atom is 0.195 e. The van der Waals surface area contributed by atoms with Gasteiger partial charge in [0.15, 0.2) is 10.8 Å². The monoisotopic (exact) mass is 237 g/mol. The normalized spacial score (nSPS) is 12.1. The Labute approximate surface area is 96.2 Å². The lowest BCUT2D eigenvalue weighted by Crippen LogP contribution is -2.12. The third-order valence-electron chi connectivity index (χ3n) is 2.00. The molecule has 7 heteroatoms. The molecule has 6 nitrogen and oxygen atoms in total. The van der Waals surface area contributed by atoms with Gasteiger partial charge in [-0.15, -0.1) is 10.2 Å². The second kappa shape index (κ2) is 4.84. The maximum absolute atomic E-state index is 8.38. The van der Waals surface area contributed by atoms with E-state index in [1.165, 1.54) is 11.8 Å². The van der Waals surface area contributed by atoms with E-state index < -0.39 is 0 Å². The zero-order valence-corrected chi connectivity index (χ0v) is 9.26. The van der Waals surface area contributed by atoms with E-state index in [9.17, 15) is 0 Å². The molecule has 84 valence electrons. The van der Waals surface area contributed by atoms with Crippen LogP contribution in [0.1, 0.15) is 6.42 Å². The van der Waals surface area contributed by atoms with Crippen LogP contribution in [0.15, 0.2) is 34.7 Å². The van der Waals surface area contributed by atoms with Gasteiger partial charge in [0.1, 0.15) is 5.84 Å². The van der Waals surface area contributed by atoms with E-state index in [-0.39, 0.29) is 5.84 Å². The molecule has 0 unspecified atom stereocenters. The van der Waals surface area contributed by atoms with Crippen LogP contribution in [-0.4, -0.2) is 31.4 Å². The molecule has 3 N–H and O–H groups in total. The summed E-state index contributed by atoms with van der Waals surface area (Å²) >= 11 is 1.52. The van der Waals surface area contributed by atoms with E-state index in [0.29, 0.717) is 12.2 Å². The highest BCUT2D eigenvalue weighted by Gasteiger charge is 2.04. The number of hydrogen-bond donors (Lipinski definition) is 2. The summed E-state index contributed by atoms with van der Waals surface area (Å²) in [7, 11) is 0. The van der Waals surface area contributed by atoms with Crippen LogP contribution in [0.2, 0.25) is 0 Å². The molecule has 2 heterocycles. The highest BCUT2D eigenvalue weighted by atomic mass is 32.2. The van der Waals surface area contributed by atoms with Crippen LogP contribution in [0.4, 0.5) is 0 Å². The highest BCUT2D eigenvalue weighted by molar-refractivity contribution is 7.99. The Bertz CT molecular complexity index is 509. The first-order valence-corrected chi connectivity index (χ1v) is 5.69. The first-order valence-electron chi connectivity index (χ1n) is 4.70. The summed E-state index contributed by atoms with van der Waals surface area (Å²) in [6.07, 6.45) is 2.42. The van der Waals surface area contributed by atoms with Gasteiger partial charge in [0.25, 0.3) is 0 Å². The van der Waals surface area contributed by atoms with Gasteiger partial charge in [0, 0.05) is 18.4 Å². The summed E-state index contributed by atoms with van der Waals surface area (Å²) < 4.78 is 1.90. The minimum absolute atomic E-state index is 0.223. The summed E-state index contributed by atoms with van der Waals surface area (Å²) in [5.41, 5.74) is 6.18. The van der Waals surface area contributed by atoms with E-state index >= 15 is 0 Å². The largest absolute Gasteiger partial charge is 0.409 e. The minimum Gasteiger partial charge on any atom is -0.409 e. The molecule has 0 saturated carbocycles. The molecule has 0 aliphatic rings. The second-order valence-corrected chi connectivity index (χ2v) is 4.16. The van der Waals surface area contributed by atoms with Gasteiger partial charge in [0.05, 0.1) is 0 Å². The summed E-state index contributed by atoms with van der Waals surface area (Å²) in [6.45, 7) is 0. The van der Waals surface area contributed by atoms with Gasteiger partial charge in [-0.05, 0) is 12.1 Å². The molecule has 0 aliphatic carbocycles. The maximum atomic E-state index is 8.38. The fourth-order valence-corrected chi connectivity index (χ4v) is 2.10. The predicted octanol–water partition coefficient (Wildman–Crippen LogP) is 0.958. The summed E-state index contributed by atoms with van der Waals surface area (Å²) in [5, 5.41) is 20.2. The fourth-order valence-electron chi connectivity index (χ4n) is 1.21. The molecule has 0 aliphatic heterocycles. The van der Waals surface area contributed by atoms with Crippen LogP contribution in [0.5, 0.6) is 0 Å². The van der Waals surface area contributed by atoms with Crippen molar-refractivity contribution >= 4 is 23.2 Å². The average Bonchev–Trinajstić information content (AvgIpc) is 2.73. The molecule has 0 saturated heterocycles. The van der Waals surface area contributed by atoms with Crippen molar-refractivity contribution < 1.29 is 5.21 Å². The van der Waals surface area contributed by atoms with Crippen LogP contribution in [0, 0.1) is 0 Å². The van der Waals surface area contributed by atoms with Crippen LogP contribution in [0.3, 0.4) is 0 Å². The fraction of sp³-hybridized carbons (Fsp3) is 0.222. The Morgan fingerprint density at radius 1 is 1.50 bits per heavy atom. The molecule has 0 aromatic carbocycles. The molecular weight excluding hydrogens is 226 g/mol. The van der Waals surface area contributed by atoms with Crippen LogP contribution < -0.4 is 5.73 Å². The van der Waals surface area contributed by atoms with Crippen molar-refractivity contribution in [2.45, 2.75) is 11.6 Å². The third-order valence-corrected chi connectivity index (χ3v) is 2.95. The summed E-state index contributed by atoms with van der Waals surface area (Å²) in [5.74, 6) is 0.923. The molecule has 0 radical (unpaired) electrons. The number of pyridine rings is 1. The number of oxime groups is 1. The van der Waals surface area contributed by atoms with Crippen LogP contribution >= 0.6 is 11.8 Å². The minimum atomic E-state index is 0.223. The van der Waals surface area contributed by atoms with Gasteiger partial charge >= 0.3 is 0 Å². The van der Waals surface area contributed by atoms with Crippen molar-refractivity contribution in [2.24, 2.45) is 10.9 Å². The van der Waals surface area contributed by atoms with Gasteiger partial charge in [-0.3, -0.25) is 4.40 Å². The van der Waals surface area contributed by atoms with Gasteiger partial charge in [-0.2, -0.15) is 0 Å². The molecular formula is C9H11N5OS. The smallest absolute Gasteiger partial charge is 0.195 e. The van der Waals surface area contributed by atoms with E-state index in [0.717, 1.165) is 10.8 Å². The quantitative estimate of drug-likeness (QED) is 0.272. The van der Waals surface area contributed by atoms with Crippen molar-refractivity contribution in [1.29, 1.82) is 0 Å². The average molecular weight is 237 g/mol. The first kappa shape index (κ1) is 10.7. The van der Waals surface area contributed by atoms with Crippen molar-refractivity contribution in [3.05, 3.63) is 24.4 Å². The number of nitrogens with two attached hydrogens (primary N) is 1. The summed E-state index contributed by atoms with van der Waals surface area (Å²) in [6, 6.07) is 5.72. The first-order chi connectivity index (χ1) is 7.81. The van der Waals surface area contributed by atoms with Crippen molar-refractivity contribution in [3.63, 3.8) is 0 Å². The lowest BCUT2D eigenvalue weighted by molar-refractivity contribution is 0.317. The lowest BCUT2D eigenvalue weighted by Gasteiger charge is -1.98. The number of amidine groups is 1. The number of hydrogen-bond acceptors (Lipinski definition) is 5. The number of nitrogens with zero attached hydrogens (tertiary/aromatic N) is 4.